The Morgan fingerprint density at radius 1 is 1.39 bits per heavy atom. The number of benzene rings is 1. The van der Waals surface area contributed by atoms with Gasteiger partial charge in [0.05, 0.1) is 24.2 Å². The summed E-state index contributed by atoms with van der Waals surface area (Å²) in [5.41, 5.74) is 7.18. The summed E-state index contributed by atoms with van der Waals surface area (Å²) < 4.78 is 39.6. The number of primary amides is 1. The number of imidazole rings is 1. The van der Waals surface area contributed by atoms with Crippen LogP contribution >= 0.6 is 0 Å². The Kier molecular flexibility index (Phi) is 5.22. The molecule has 1 heterocycles. The average Bonchev–Trinajstić information content (AvgIpc) is 2.95. The molecule has 6 nitrogen and oxygen atoms in total. The van der Waals surface area contributed by atoms with Crippen molar-refractivity contribution >= 4 is 6.03 Å². The van der Waals surface area contributed by atoms with Gasteiger partial charge in [0, 0.05) is 11.9 Å². The summed E-state index contributed by atoms with van der Waals surface area (Å²) in [6.45, 7) is 0.249. The van der Waals surface area contributed by atoms with Crippen molar-refractivity contribution in [3.8, 4) is 5.69 Å². The number of amides is 2. The lowest BCUT2D eigenvalue weighted by atomic mass is 10.2. The van der Waals surface area contributed by atoms with Gasteiger partial charge in [-0.15, -0.1) is 0 Å². The van der Waals surface area contributed by atoms with E-state index in [0.29, 0.717) is 24.2 Å². The van der Waals surface area contributed by atoms with E-state index >= 15 is 0 Å². The van der Waals surface area contributed by atoms with E-state index in [4.69, 9.17) is 10.6 Å². The van der Waals surface area contributed by atoms with Crippen molar-refractivity contribution in [3.05, 3.63) is 48.0 Å². The molecule has 0 radical (unpaired) electrons. The number of nitrogens with two attached hydrogens (primary N) is 1. The maximum absolute atomic E-state index is 12.7. The lowest BCUT2D eigenvalue weighted by Gasteiger charge is -2.08. The molecule has 2 aromatic rings. The fourth-order valence-corrected chi connectivity index (χ4v) is 1.92. The number of aryl methyl sites for hydroxylation is 1. The highest BCUT2D eigenvalue weighted by Crippen LogP contribution is 2.30. The molecule has 9 heteroatoms. The van der Waals surface area contributed by atoms with Crippen molar-refractivity contribution in [1.82, 2.24) is 15.0 Å². The van der Waals surface area contributed by atoms with Gasteiger partial charge in [-0.1, -0.05) is 6.07 Å². The average molecular weight is 328 g/mol. The Morgan fingerprint density at radius 3 is 2.87 bits per heavy atom. The van der Waals surface area contributed by atoms with Gasteiger partial charge >= 0.3 is 12.2 Å². The van der Waals surface area contributed by atoms with E-state index in [1.165, 1.54) is 17.0 Å². The predicted molar refractivity (Wildman–Crippen MR) is 75.6 cm³/mol. The third-order valence-corrected chi connectivity index (χ3v) is 2.96. The maximum Gasteiger partial charge on any atom is 0.416 e. The third-order valence-electron chi connectivity index (χ3n) is 2.96. The van der Waals surface area contributed by atoms with Crippen molar-refractivity contribution in [1.29, 1.82) is 0 Å². The number of hydrogen-bond acceptors (Lipinski definition) is 3. The number of halogens is 3. The van der Waals surface area contributed by atoms with Crippen LogP contribution in [-0.4, -0.2) is 22.2 Å². The molecule has 2 amide bonds. The van der Waals surface area contributed by atoms with Gasteiger partial charge in [-0.05, 0) is 31.0 Å². The van der Waals surface area contributed by atoms with Crippen LogP contribution in [0.15, 0.2) is 36.8 Å². The minimum Gasteiger partial charge on any atom is -0.350 e. The molecule has 1 aromatic heterocycles. The second-order valence-electron chi connectivity index (χ2n) is 4.74. The first-order chi connectivity index (χ1) is 10.9. The van der Waals surface area contributed by atoms with E-state index in [-0.39, 0.29) is 6.61 Å². The number of aromatic nitrogens is 2. The number of rotatable bonds is 6. The van der Waals surface area contributed by atoms with Gasteiger partial charge in [0.2, 0.25) is 0 Å². The van der Waals surface area contributed by atoms with Gasteiger partial charge in [0.1, 0.15) is 0 Å². The molecule has 0 bridgehead atoms. The predicted octanol–water partition coefficient (Wildman–Crippen LogP) is 2.42. The van der Waals surface area contributed by atoms with E-state index < -0.39 is 17.8 Å². The molecule has 0 atom stereocenters. The molecular weight excluding hydrogens is 313 g/mol. The summed E-state index contributed by atoms with van der Waals surface area (Å²) in [6, 6.07) is 4.22. The highest BCUT2D eigenvalue weighted by molar-refractivity contribution is 5.70. The number of nitrogens with one attached hydrogen (secondary N) is 1. The Labute approximate surface area is 130 Å². The number of urea groups is 1. The van der Waals surface area contributed by atoms with Crippen molar-refractivity contribution in [3.63, 3.8) is 0 Å². The number of hydroxylamine groups is 1. The number of hydrogen-bond donors (Lipinski definition) is 2. The first-order valence-corrected chi connectivity index (χ1v) is 6.74. The number of carbonyl (C=O) groups is 1. The lowest BCUT2D eigenvalue weighted by molar-refractivity contribution is -0.137. The van der Waals surface area contributed by atoms with Gasteiger partial charge in [0.15, 0.2) is 0 Å². The second-order valence-corrected chi connectivity index (χ2v) is 4.74. The minimum absolute atomic E-state index is 0.249. The fraction of sp³-hybridized carbons (Fsp3) is 0.286. The summed E-state index contributed by atoms with van der Waals surface area (Å²) in [4.78, 5) is 19.3. The highest BCUT2D eigenvalue weighted by atomic mass is 19.4. The van der Waals surface area contributed by atoms with Crippen molar-refractivity contribution in [2.45, 2.75) is 19.0 Å². The van der Waals surface area contributed by atoms with Crippen LogP contribution in [0, 0.1) is 0 Å². The normalized spacial score (nSPS) is 11.4. The zero-order valence-corrected chi connectivity index (χ0v) is 12.0. The molecule has 0 fully saturated rings. The zero-order valence-electron chi connectivity index (χ0n) is 12.0. The molecule has 3 N–H and O–H groups in total. The van der Waals surface area contributed by atoms with Crippen LogP contribution in [0.3, 0.4) is 0 Å². The van der Waals surface area contributed by atoms with Crippen LogP contribution in [0.1, 0.15) is 17.7 Å². The third kappa shape index (κ3) is 4.99. The molecule has 2 rings (SSSR count). The van der Waals surface area contributed by atoms with E-state index in [0.717, 1.165) is 12.1 Å². The monoisotopic (exact) mass is 328 g/mol. The molecule has 0 aliphatic heterocycles. The standard InChI is InChI=1S/C14H15F3N4O2/c15-14(16,17)10-3-1-5-12(7-10)21-8-11(19-9-21)4-2-6-23-20-13(18)22/h1,3,5,7-9H,2,4,6H2,(H3,18,20,22). The molecule has 23 heavy (non-hydrogen) atoms. The second kappa shape index (κ2) is 7.14. The maximum atomic E-state index is 12.7. The summed E-state index contributed by atoms with van der Waals surface area (Å²) in [5, 5.41) is 0. The first-order valence-electron chi connectivity index (χ1n) is 6.74. The van der Waals surface area contributed by atoms with E-state index in [1.807, 2.05) is 5.48 Å². The Balaban J connectivity index is 1.95. The van der Waals surface area contributed by atoms with E-state index in [1.54, 1.807) is 12.3 Å². The van der Waals surface area contributed by atoms with Crippen LogP contribution in [0.4, 0.5) is 18.0 Å². The molecule has 0 aliphatic rings. The van der Waals surface area contributed by atoms with Gasteiger partial charge in [-0.2, -0.15) is 13.2 Å². The molecule has 1 aromatic carbocycles. The fourth-order valence-electron chi connectivity index (χ4n) is 1.92. The number of carbonyl (C=O) groups excluding carboxylic acids is 1. The van der Waals surface area contributed by atoms with Gasteiger partial charge in [-0.3, -0.25) is 4.84 Å². The lowest BCUT2D eigenvalue weighted by Crippen LogP contribution is -2.29. The molecule has 0 unspecified atom stereocenters. The van der Waals surface area contributed by atoms with Crippen LogP contribution in [0.5, 0.6) is 0 Å². The molecule has 0 saturated carbocycles. The first kappa shape index (κ1) is 16.8. The largest absolute Gasteiger partial charge is 0.416 e. The quantitative estimate of drug-likeness (QED) is 0.631. The van der Waals surface area contributed by atoms with Crippen molar-refractivity contribution < 1.29 is 22.8 Å². The van der Waals surface area contributed by atoms with Crippen LogP contribution < -0.4 is 11.2 Å². The van der Waals surface area contributed by atoms with Crippen molar-refractivity contribution in [2.24, 2.45) is 5.73 Å². The Bertz CT molecular complexity index is 670. The van der Waals surface area contributed by atoms with Crippen LogP contribution in [-0.2, 0) is 17.4 Å². The highest BCUT2D eigenvalue weighted by Gasteiger charge is 2.30. The topological polar surface area (TPSA) is 82.2 Å². The zero-order chi connectivity index (χ0) is 16.9. The Morgan fingerprint density at radius 2 is 2.17 bits per heavy atom. The summed E-state index contributed by atoms with van der Waals surface area (Å²) >= 11 is 0. The van der Waals surface area contributed by atoms with Gasteiger partial charge in [0.25, 0.3) is 0 Å². The van der Waals surface area contributed by atoms with E-state index in [2.05, 4.69) is 4.98 Å². The minimum atomic E-state index is -4.38. The molecular formula is C14H15F3N4O2. The summed E-state index contributed by atoms with van der Waals surface area (Å²) in [5.74, 6) is 0. The van der Waals surface area contributed by atoms with Gasteiger partial charge < -0.3 is 10.3 Å². The summed E-state index contributed by atoms with van der Waals surface area (Å²) in [7, 11) is 0. The molecule has 0 saturated heterocycles. The molecule has 0 aliphatic carbocycles. The number of nitrogens with zero attached hydrogens (tertiary/aromatic N) is 2. The van der Waals surface area contributed by atoms with Crippen LogP contribution in [0.25, 0.3) is 5.69 Å². The van der Waals surface area contributed by atoms with E-state index in [9.17, 15) is 18.0 Å². The Hall–Kier alpha value is -2.55. The van der Waals surface area contributed by atoms with Crippen molar-refractivity contribution in [2.75, 3.05) is 6.61 Å². The molecule has 124 valence electrons. The summed E-state index contributed by atoms with van der Waals surface area (Å²) in [6.07, 6.45) is -0.166. The van der Waals surface area contributed by atoms with Gasteiger partial charge in [-0.25, -0.2) is 15.3 Å². The number of alkyl halides is 3. The SMILES string of the molecule is NC(=O)NOCCCc1cn(-c2cccc(C(F)(F)F)c2)cn1. The smallest absolute Gasteiger partial charge is 0.350 e. The van der Waals surface area contributed by atoms with Crippen LogP contribution in [0.2, 0.25) is 0 Å². The molecule has 0 spiro atoms.